The molecule has 5 nitrogen and oxygen atoms in total. The minimum atomic E-state index is -0.437. The minimum absolute atomic E-state index is 0.0137. The Bertz CT molecular complexity index is 688. The van der Waals surface area contributed by atoms with Crippen LogP contribution in [0.25, 0.3) is 0 Å². The molecule has 22 heavy (non-hydrogen) atoms. The first kappa shape index (κ1) is 16.1. The van der Waals surface area contributed by atoms with E-state index in [0.29, 0.717) is 21.4 Å². The summed E-state index contributed by atoms with van der Waals surface area (Å²) in [5.41, 5.74) is 2.68. The van der Waals surface area contributed by atoms with Crippen molar-refractivity contribution < 1.29 is 14.6 Å². The fourth-order valence-corrected chi connectivity index (χ4v) is 1.82. The van der Waals surface area contributed by atoms with Crippen LogP contribution in [0, 0.1) is 0 Å². The summed E-state index contributed by atoms with van der Waals surface area (Å²) in [7, 11) is 0. The highest BCUT2D eigenvalue weighted by atomic mass is 35.5. The van der Waals surface area contributed by atoms with Crippen molar-refractivity contribution in [3.63, 3.8) is 0 Å². The largest absolute Gasteiger partial charge is 0.507 e. The molecule has 2 aromatic rings. The van der Waals surface area contributed by atoms with Crippen molar-refractivity contribution in [1.82, 2.24) is 5.43 Å². The summed E-state index contributed by atoms with van der Waals surface area (Å²) >= 11 is 11.5. The first-order valence-corrected chi connectivity index (χ1v) is 6.99. The average Bonchev–Trinajstić information content (AvgIpc) is 2.50. The monoisotopic (exact) mass is 338 g/mol. The number of nitrogens with zero attached hydrogens (tertiary/aromatic N) is 1. The van der Waals surface area contributed by atoms with Gasteiger partial charge < -0.3 is 9.84 Å². The van der Waals surface area contributed by atoms with Gasteiger partial charge in [0, 0.05) is 15.6 Å². The molecule has 1 amide bonds. The molecule has 0 spiro atoms. The van der Waals surface area contributed by atoms with Gasteiger partial charge in [0.2, 0.25) is 0 Å². The fraction of sp³-hybridized carbons (Fsp3) is 0.0667. The summed E-state index contributed by atoms with van der Waals surface area (Å²) in [6, 6.07) is 11.1. The number of phenols is 1. The average molecular weight is 339 g/mol. The van der Waals surface area contributed by atoms with E-state index in [2.05, 4.69) is 10.5 Å². The van der Waals surface area contributed by atoms with Crippen LogP contribution in [-0.4, -0.2) is 23.8 Å². The Morgan fingerprint density at radius 1 is 1.18 bits per heavy atom. The molecule has 0 fully saturated rings. The SMILES string of the molecule is O=C(COc1ccc(Cl)cc1)N/N=C/c1cc(Cl)ccc1O. The number of phenolic OH excluding ortho intramolecular Hbond substituents is 1. The van der Waals surface area contributed by atoms with Gasteiger partial charge in [-0.15, -0.1) is 0 Å². The van der Waals surface area contributed by atoms with Gasteiger partial charge in [-0.3, -0.25) is 4.79 Å². The number of aromatic hydroxyl groups is 1. The van der Waals surface area contributed by atoms with Gasteiger partial charge in [0.25, 0.3) is 5.91 Å². The van der Waals surface area contributed by atoms with Crippen molar-refractivity contribution in [2.24, 2.45) is 5.10 Å². The second-order valence-corrected chi connectivity index (χ2v) is 5.11. The van der Waals surface area contributed by atoms with Gasteiger partial charge in [0.1, 0.15) is 11.5 Å². The van der Waals surface area contributed by atoms with Crippen molar-refractivity contribution in [1.29, 1.82) is 0 Å². The maximum atomic E-state index is 11.6. The molecule has 7 heteroatoms. The Balaban J connectivity index is 1.83. The van der Waals surface area contributed by atoms with Crippen LogP contribution in [0.3, 0.4) is 0 Å². The zero-order valence-electron chi connectivity index (χ0n) is 11.3. The quantitative estimate of drug-likeness (QED) is 0.649. The number of hydrogen-bond acceptors (Lipinski definition) is 4. The Morgan fingerprint density at radius 3 is 2.59 bits per heavy atom. The molecule has 0 aromatic heterocycles. The smallest absolute Gasteiger partial charge is 0.277 e. The van der Waals surface area contributed by atoms with Crippen molar-refractivity contribution >= 4 is 35.3 Å². The lowest BCUT2D eigenvalue weighted by Crippen LogP contribution is -2.24. The molecule has 0 bridgehead atoms. The summed E-state index contributed by atoms with van der Waals surface area (Å²) in [6.07, 6.45) is 1.29. The molecule has 0 aliphatic heterocycles. The maximum absolute atomic E-state index is 11.6. The van der Waals surface area contributed by atoms with Crippen LogP contribution >= 0.6 is 23.2 Å². The second-order valence-electron chi connectivity index (χ2n) is 4.24. The van der Waals surface area contributed by atoms with Gasteiger partial charge in [-0.2, -0.15) is 5.10 Å². The molecule has 0 unspecified atom stereocenters. The fourth-order valence-electron chi connectivity index (χ4n) is 1.51. The van der Waals surface area contributed by atoms with Gasteiger partial charge in [-0.25, -0.2) is 5.43 Å². The van der Waals surface area contributed by atoms with Crippen LogP contribution in [0.2, 0.25) is 10.0 Å². The van der Waals surface area contributed by atoms with Gasteiger partial charge >= 0.3 is 0 Å². The lowest BCUT2D eigenvalue weighted by molar-refractivity contribution is -0.123. The summed E-state index contributed by atoms with van der Waals surface area (Å²) in [6.45, 7) is -0.194. The van der Waals surface area contributed by atoms with Crippen molar-refractivity contribution in [3.8, 4) is 11.5 Å². The number of halogens is 2. The molecular weight excluding hydrogens is 327 g/mol. The molecule has 0 radical (unpaired) electrons. The number of nitrogens with one attached hydrogen (secondary N) is 1. The van der Waals surface area contributed by atoms with E-state index in [9.17, 15) is 9.90 Å². The van der Waals surface area contributed by atoms with Crippen LogP contribution in [0.1, 0.15) is 5.56 Å². The number of hydrazone groups is 1. The first-order valence-electron chi connectivity index (χ1n) is 6.23. The molecule has 0 aliphatic rings. The van der Waals surface area contributed by atoms with Crippen molar-refractivity contribution in [2.75, 3.05) is 6.61 Å². The minimum Gasteiger partial charge on any atom is -0.507 e. The first-order chi connectivity index (χ1) is 10.5. The molecule has 0 aliphatic carbocycles. The maximum Gasteiger partial charge on any atom is 0.277 e. The van der Waals surface area contributed by atoms with Gasteiger partial charge in [0.05, 0.1) is 6.21 Å². The summed E-state index contributed by atoms with van der Waals surface area (Å²) in [5.74, 6) is 0.101. The van der Waals surface area contributed by atoms with E-state index in [1.54, 1.807) is 30.3 Å². The molecule has 0 heterocycles. The third-order valence-electron chi connectivity index (χ3n) is 2.57. The van der Waals surface area contributed by atoms with Crippen LogP contribution in [-0.2, 0) is 4.79 Å². The molecule has 2 rings (SSSR count). The Hall–Kier alpha value is -2.24. The van der Waals surface area contributed by atoms with E-state index in [4.69, 9.17) is 27.9 Å². The number of carbonyl (C=O) groups excluding carboxylic acids is 1. The van der Waals surface area contributed by atoms with Gasteiger partial charge in [-0.05, 0) is 42.5 Å². The van der Waals surface area contributed by atoms with Gasteiger partial charge in [0.15, 0.2) is 6.61 Å². The van der Waals surface area contributed by atoms with Crippen molar-refractivity contribution in [3.05, 3.63) is 58.1 Å². The number of carbonyl (C=O) groups is 1. The van der Waals surface area contributed by atoms with E-state index in [-0.39, 0.29) is 12.4 Å². The van der Waals surface area contributed by atoms with Crippen molar-refractivity contribution in [2.45, 2.75) is 0 Å². The Kier molecular flexibility index (Phi) is 5.63. The number of hydrogen-bond donors (Lipinski definition) is 2. The highest BCUT2D eigenvalue weighted by Gasteiger charge is 2.02. The molecule has 2 aromatic carbocycles. The number of ether oxygens (including phenoxy) is 1. The number of benzene rings is 2. The molecule has 0 atom stereocenters. The van der Waals surface area contributed by atoms with Crippen LogP contribution in [0.4, 0.5) is 0 Å². The zero-order chi connectivity index (χ0) is 15.9. The second kappa shape index (κ2) is 7.68. The topological polar surface area (TPSA) is 70.9 Å². The van der Waals surface area contributed by atoms with E-state index in [0.717, 1.165) is 0 Å². The standard InChI is InChI=1S/C15H12Cl2N2O3/c16-11-1-4-13(5-2-11)22-9-15(21)19-18-8-10-7-12(17)3-6-14(10)20/h1-8,20H,9H2,(H,19,21)/b18-8+. The highest BCUT2D eigenvalue weighted by molar-refractivity contribution is 6.31. The van der Waals surface area contributed by atoms with Crippen LogP contribution in [0.15, 0.2) is 47.6 Å². The third-order valence-corrected chi connectivity index (χ3v) is 3.05. The predicted molar refractivity (Wildman–Crippen MR) is 85.8 cm³/mol. The molecule has 114 valence electrons. The van der Waals surface area contributed by atoms with E-state index in [1.165, 1.54) is 18.3 Å². The van der Waals surface area contributed by atoms with E-state index in [1.807, 2.05) is 0 Å². The summed E-state index contributed by atoms with van der Waals surface area (Å²) in [4.78, 5) is 11.6. The molecule has 0 saturated carbocycles. The number of rotatable bonds is 5. The molecule has 2 N–H and O–H groups in total. The van der Waals surface area contributed by atoms with E-state index < -0.39 is 5.91 Å². The van der Waals surface area contributed by atoms with E-state index >= 15 is 0 Å². The highest BCUT2D eigenvalue weighted by Crippen LogP contribution is 2.19. The predicted octanol–water partition coefficient (Wildman–Crippen LogP) is 3.23. The zero-order valence-corrected chi connectivity index (χ0v) is 12.8. The lowest BCUT2D eigenvalue weighted by atomic mass is 10.2. The van der Waals surface area contributed by atoms with Crippen LogP contribution in [0.5, 0.6) is 11.5 Å². The van der Waals surface area contributed by atoms with Gasteiger partial charge in [-0.1, -0.05) is 23.2 Å². The number of amides is 1. The molecular formula is C15H12Cl2N2O3. The Labute approximate surface area is 137 Å². The lowest BCUT2D eigenvalue weighted by Gasteiger charge is -2.04. The summed E-state index contributed by atoms with van der Waals surface area (Å²) < 4.78 is 5.25. The third kappa shape index (κ3) is 4.95. The summed E-state index contributed by atoms with van der Waals surface area (Å²) in [5, 5.41) is 14.3. The van der Waals surface area contributed by atoms with Crippen LogP contribution < -0.4 is 10.2 Å². The molecule has 0 saturated heterocycles. The normalized spacial score (nSPS) is 10.6. The Morgan fingerprint density at radius 2 is 1.86 bits per heavy atom.